The Morgan fingerprint density at radius 1 is 1.36 bits per heavy atom. The minimum Gasteiger partial charge on any atom is -0.303 e. The van der Waals surface area contributed by atoms with Crippen LogP contribution in [0.5, 0.6) is 0 Å². The molecule has 2 heteroatoms. The summed E-state index contributed by atoms with van der Waals surface area (Å²) in [6.45, 7) is 6.13. The van der Waals surface area contributed by atoms with E-state index in [1.165, 1.54) is 32.5 Å². The van der Waals surface area contributed by atoms with Crippen LogP contribution in [-0.2, 0) is 0 Å². The molecule has 0 radical (unpaired) electrons. The van der Waals surface area contributed by atoms with E-state index < -0.39 is 0 Å². The molecule has 1 rings (SSSR count). The summed E-state index contributed by atoms with van der Waals surface area (Å²) >= 11 is 5.62. The Bertz CT molecular complexity index is 95.0. The van der Waals surface area contributed by atoms with Gasteiger partial charge in [-0.05, 0) is 44.8 Å². The van der Waals surface area contributed by atoms with E-state index in [1.54, 1.807) is 0 Å². The summed E-state index contributed by atoms with van der Waals surface area (Å²) < 4.78 is 0. The number of likely N-dealkylation sites (tertiary alicyclic amines) is 1. The van der Waals surface area contributed by atoms with Gasteiger partial charge in [0.05, 0.1) is 0 Å². The number of piperidine rings is 1. The summed E-state index contributed by atoms with van der Waals surface area (Å²) in [6.07, 6.45) is 3.90. The van der Waals surface area contributed by atoms with Crippen LogP contribution in [0.2, 0.25) is 0 Å². The van der Waals surface area contributed by atoms with Crippen molar-refractivity contribution in [1.29, 1.82) is 0 Å². The number of hydrogen-bond donors (Lipinski definition) is 0. The van der Waals surface area contributed by atoms with Crippen molar-refractivity contribution in [3.63, 3.8) is 0 Å². The summed E-state index contributed by atoms with van der Waals surface area (Å²) in [6, 6.07) is 0. The summed E-state index contributed by atoms with van der Waals surface area (Å²) in [5.41, 5.74) is 0. The van der Waals surface area contributed by atoms with E-state index in [0.29, 0.717) is 0 Å². The van der Waals surface area contributed by atoms with Gasteiger partial charge in [-0.1, -0.05) is 6.92 Å². The maximum atomic E-state index is 5.62. The minimum atomic E-state index is 0.812. The van der Waals surface area contributed by atoms with Crippen molar-refractivity contribution in [3.05, 3.63) is 0 Å². The lowest BCUT2D eigenvalue weighted by atomic mass is 9.99. The van der Waals surface area contributed by atoms with Crippen LogP contribution >= 0.6 is 11.6 Å². The second-order valence-corrected chi connectivity index (χ2v) is 3.94. The Morgan fingerprint density at radius 2 is 2.00 bits per heavy atom. The van der Waals surface area contributed by atoms with Gasteiger partial charge in [-0.2, -0.15) is 0 Å². The molecule has 1 saturated heterocycles. The lowest BCUT2D eigenvalue weighted by Gasteiger charge is -2.29. The third kappa shape index (κ3) is 3.44. The zero-order valence-corrected chi connectivity index (χ0v) is 8.11. The van der Waals surface area contributed by atoms with Gasteiger partial charge in [-0.25, -0.2) is 0 Å². The Kier molecular flexibility index (Phi) is 4.24. The molecule has 1 aliphatic rings. The molecule has 0 aromatic heterocycles. The molecule has 1 fully saturated rings. The molecule has 0 aromatic carbocycles. The first-order chi connectivity index (χ1) is 5.33. The van der Waals surface area contributed by atoms with Crippen molar-refractivity contribution < 1.29 is 0 Å². The number of rotatable bonds is 3. The topological polar surface area (TPSA) is 3.24 Å². The van der Waals surface area contributed by atoms with Gasteiger partial charge < -0.3 is 4.90 Å². The summed E-state index contributed by atoms with van der Waals surface area (Å²) in [5, 5.41) is 0. The molecule has 11 heavy (non-hydrogen) atoms. The molecular formula is C9H18ClN. The predicted molar refractivity (Wildman–Crippen MR) is 50.2 cm³/mol. The first-order valence-electron chi connectivity index (χ1n) is 4.61. The minimum absolute atomic E-state index is 0.812. The highest BCUT2D eigenvalue weighted by atomic mass is 35.5. The largest absolute Gasteiger partial charge is 0.303 e. The van der Waals surface area contributed by atoms with Crippen molar-refractivity contribution in [3.8, 4) is 0 Å². The maximum Gasteiger partial charge on any atom is 0.0235 e. The average molecular weight is 176 g/mol. The Morgan fingerprint density at radius 3 is 2.55 bits per heavy atom. The van der Waals surface area contributed by atoms with Crippen LogP contribution in [0.1, 0.15) is 26.2 Å². The molecule has 0 N–H and O–H groups in total. The average Bonchev–Trinajstić information content (AvgIpc) is 2.04. The quantitative estimate of drug-likeness (QED) is 0.596. The molecule has 0 amide bonds. The standard InChI is InChI=1S/C9H18ClN/c1-9-3-7-11(8-4-9)6-2-5-10/h9H,2-8H2,1H3. The highest BCUT2D eigenvalue weighted by Gasteiger charge is 2.14. The van der Waals surface area contributed by atoms with Crippen LogP contribution < -0.4 is 0 Å². The van der Waals surface area contributed by atoms with Gasteiger partial charge in [0.2, 0.25) is 0 Å². The van der Waals surface area contributed by atoms with E-state index in [0.717, 1.165) is 18.2 Å². The van der Waals surface area contributed by atoms with E-state index >= 15 is 0 Å². The van der Waals surface area contributed by atoms with Gasteiger partial charge in [-0.3, -0.25) is 0 Å². The van der Waals surface area contributed by atoms with Crippen LogP contribution in [0.3, 0.4) is 0 Å². The van der Waals surface area contributed by atoms with Gasteiger partial charge in [-0.15, -0.1) is 11.6 Å². The van der Waals surface area contributed by atoms with Crippen LogP contribution in [0.4, 0.5) is 0 Å². The summed E-state index contributed by atoms with van der Waals surface area (Å²) in [4.78, 5) is 2.53. The maximum absolute atomic E-state index is 5.62. The Hall–Kier alpha value is 0.250. The zero-order valence-electron chi connectivity index (χ0n) is 7.35. The van der Waals surface area contributed by atoms with E-state index in [9.17, 15) is 0 Å². The molecule has 0 bridgehead atoms. The van der Waals surface area contributed by atoms with Crippen molar-refractivity contribution in [2.24, 2.45) is 5.92 Å². The lowest BCUT2D eigenvalue weighted by Crippen LogP contribution is -2.33. The molecule has 0 aromatic rings. The molecule has 0 aliphatic carbocycles. The number of halogens is 1. The molecule has 1 aliphatic heterocycles. The van der Waals surface area contributed by atoms with Crippen molar-refractivity contribution >= 4 is 11.6 Å². The first kappa shape index (κ1) is 9.34. The highest BCUT2D eigenvalue weighted by Crippen LogP contribution is 2.15. The van der Waals surface area contributed by atoms with Crippen LogP contribution in [0, 0.1) is 5.92 Å². The first-order valence-corrected chi connectivity index (χ1v) is 5.14. The van der Waals surface area contributed by atoms with Gasteiger partial charge in [0.15, 0.2) is 0 Å². The molecule has 0 saturated carbocycles. The van der Waals surface area contributed by atoms with Crippen molar-refractivity contribution in [1.82, 2.24) is 4.90 Å². The molecular weight excluding hydrogens is 158 g/mol. The number of nitrogens with zero attached hydrogens (tertiary/aromatic N) is 1. The van der Waals surface area contributed by atoms with E-state index in [4.69, 9.17) is 11.6 Å². The van der Waals surface area contributed by atoms with Gasteiger partial charge in [0.1, 0.15) is 0 Å². The second-order valence-electron chi connectivity index (χ2n) is 3.57. The number of alkyl halides is 1. The fraction of sp³-hybridized carbons (Fsp3) is 1.00. The van der Waals surface area contributed by atoms with Crippen LogP contribution in [-0.4, -0.2) is 30.4 Å². The predicted octanol–water partition coefficient (Wildman–Crippen LogP) is 2.35. The third-order valence-electron chi connectivity index (χ3n) is 2.48. The number of hydrogen-bond acceptors (Lipinski definition) is 1. The highest BCUT2D eigenvalue weighted by molar-refractivity contribution is 6.17. The lowest BCUT2D eigenvalue weighted by molar-refractivity contribution is 0.193. The van der Waals surface area contributed by atoms with Crippen LogP contribution in [0.25, 0.3) is 0 Å². The fourth-order valence-electron chi connectivity index (χ4n) is 1.57. The van der Waals surface area contributed by atoms with E-state index in [2.05, 4.69) is 11.8 Å². The van der Waals surface area contributed by atoms with Gasteiger partial charge in [0.25, 0.3) is 0 Å². The molecule has 0 atom stereocenters. The SMILES string of the molecule is CC1CCN(CCCCl)CC1. The molecule has 1 nitrogen and oxygen atoms in total. The van der Waals surface area contributed by atoms with Gasteiger partial charge in [0, 0.05) is 5.88 Å². The second kappa shape index (κ2) is 5.00. The van der Waals surface area contributed by atoms with Gasteiger partial charge >= 0.3 is 0 Å². The monoisotopic (exact) mass is 175 g/mol. The van der Waals surface area contributed by atoms with Crippen molar-refractivity contribution in [2.45, 2.75) is 26.2 Å². The van der Waals surface area contributed by atoms with Crippen molar-refractivity contribution in [2.75, 3.05) is 25.5 Å². The van der Waals surface area contributed by atoms with E-state index in [-0.39, 0.29) is 0 Å². The molecule has 1 heterocycles. The Balaban J connectivity index is 2.07. The fourth-order valence-corrected chi connectivity index (χ4v) is 1.69. The van der Waals surface area contributed by atoms with Crippen LogP contribution in [0.15, 0.2) is 0 Å². The molecule has 0 unspecified atom stereocenters. The van der Waals surface area contributed by atoms with E-state index in [1.807, 2.05) is 0 Å². The summed E-state index contributed by atoms with van der Waals surface area (Å²) in [7, 11) is 0. The summed E-state index contributed by atoms with van der Waals surface area (Å²) in [5.74, 6) is 1.76. The smallest absolute Gasteiger partial charge is 0.0235 e. The molecule has 66 valence electrons. The third-order valence-corrected chi connectivity index (χ3v) is 2.75. The molecule has 0 spiro atoms. The Labute approximate surface area is 74.7 Å². The zero-order chi connectivity index (χ0) is 8.10. The normalized spacial score (nSPS) is 22.4.